The van der Waals surface area contributed by atoms with Crippen LogP contribution in [0, 0.1) is 0 Å². The van der Waals surface area contributed by atoms with Gasteiger partial charge in [-0.05, 0) is 28.9 Å². The minimum absolute atomic E-state index is 0.0805. The van der Waals surface area contributed by atoms with Gasteiger partial charge in [-0.15, -0.1) is 0 Å². The largest absolute Gasteiger partial charge is 0.480 e. The van der Waals surface area contributed by atoms with Gasteiger partial charge in [0, 0.05) is 29.7 Å². The van der Waals surface area contributed by atoms with Crippen molar-refractivity contribution in [3.63, 3.8) is 0 Å². The van der Waals surface area contributed by atoms with Crippen LogP contribution in [0.1, 0.15) is 13.3 Å². The quantitative estimate of drug-likeness (QED) is 0.800. The summed E-state index contributed by atoms with van der Waals surface area (Å²) in [7, 11) is 0. The van der Waals surface area contributed by atoms with Crippen LogP contribution in [-0.2, 0) is 16.1 Å². The van der Waals surface area contributed by atoms with E-state index in [4.69, 9.17) is 5.11 Å². The van der Waals surface area contributed by atoms with E-state index in [1.54, 1.807) is 6.07 Å². The van der Waals surface area contributed by atoms with Crippen LogP contribution in [0.2, 0.25) is 0 Å². The lowest BCUT2D eigenvalue weighted by Crippen LogP contribution is -2.46. The third kappa shape index (κ3) is 4.76. The summed E-state index contributed by atoms with van der Waals surface area (Å²) in [4.78, 5) is 33.8. The number of rotatable bonds is 6. The van der Waals surface area contributed by atoms with Crippen molar-refractivity contribution in [2.45, 2.75) is 32.1 Å². The van der Waals surface area contributed by atoms with Crippen LogP contribution in [0.15, 0.2) is 27.6 Å². The van der Waals surface area contributed by atoms with Crippen LogP contribution >= 0.6 is 15.9 Å². The SMILES string of the molecule is C[C@H](F)[C@@H](NC(=O)CCn1cc(Br)ccc1=O)C(=O)O. The molecule has 2 N–H and O–H groups in total. The average molecular weight is 349 g/mol. The fraction of sp³-hybridized carbons (Fsp3) is 0.417. The van der Waals surface area contributed by atoms with Gasteiger partial charge in [-0.25, -0.2) is 9.18 Å². The van der Waals surface area contributed by atoms with Gasteiger partial charge in [0.05, 0.1) is 0 Å². The van der Waals surface area contributed by atoms with Crippen molar-refractivity contribution >= 4 is 27.8 Å². The minimum Gasteiger partial charge on any atom is -0.480 e. The zero-order chi connectivity index (χ0) is 15.3. The van der Waals surface area contributed by atoms with E-state index >= 15 is 0 Å². The number of carboxylic acid groups (broad SMARTS) is 1. The van der Waals surface area contributed by atoms with E-state index < -0.39 is 24.1 Å². The first-order chi connectivity index (χ1) is 9.31. The maximum atomic E-state index is 13.0. The molecule has 0 bridgehead atoms. The number of amides is 1. The van der Waals surface area contributed by atoms with Gasteiger partial charge in [0.25, 0.3) is 5.56 Å². The van der Waals surface area contributed by atoms with Crippen molar-refractivity contribution in [1.29, 1.82) is 0 Å². The van der Waals surface area contributed by atoms with E-state index in [-0.39, 0.29) is 18.5 Å². The molecule has 6 nitrogen and oxygen atoms in total. The summed E-state index contributed by atoms with van der Waals surface area (Å²) >= 11 is 3.19. The molecular weight excluding hydrogens is 335 g/mol. The molecule has 0 fully saturated rings. The Labute approximate surface area is 122 Å². The van der Waals surface area contributed by atoms with Gasteiger partial charge in [-0.3, -0.25) is 9.59 Å². The van der Waals surface area contributed by atoms with Gasteiger partial charge in [-0.2, -0.15) is 0 Å². The van der Waals surface area contributed by atoms with Crippen molar-refractivity contribution in [3.05, 3.63) is 33.2 Å². The number of carboxylic acids is 1. The van der Waals surface area contributed by atoms with Crippen LogP contribution in [0.3, 0.4) is 0 Å². The molecule has 0 aliphatic heterocycles. The number of hydrogen-bond donors (Lipinski definition) is 2. The Bertz CT molecular complexity index is 559. The van der Waals surface area contributed by atoms with Crippen LogP contribution in [0.4, 0.5) is 4.39 Å². The van der Waals surface area contributed by atoms with E-state index in [0.717, 1.165) is 6.92 Å². The minimum atomic E-state index is -1.70. The molecule has 0 aliphatic carbocycles. The highest BCUT2D eigenvalue weighted by atomic mass is 79.9. The molecule has 0 aliphatic rings. The van der Waals surface area contributed by atoms with Gasteiger partial charge in [0.1, 0.15) is 6.17 Å². The van der Waals surface area contributed by atoms with Gasteiger partial charge < -0.3 is 15.0 Å². The standard InChI is InChI=1S/C12H14BrFN2O4/c1-7(14)11(12(19)20)15-9(17)4-5-16-6-8(13)2-3-10(16)18/h2-3,6-7,11H,4-5H2,1H3,(H,15,17)(H,19,20)/t7-,11+/m0/s1. The number of aryl methyl sites for hydroxylation is 1. The molecule has 110 valence electrons. The molecule has 0 saturated heterocycles. The van der Waals surface area contributed by atoms with Crippen molar-refractivity contribution in [2.24, 2.45) is 0 Å². The zero-order valence-corrected chi connectivity index (χ0v) is 12.3. The number of halogens is 2. The molecule has 0 aromatic carbocycles. The Balaban J connectivity index is 2.61. The first kappa shape index (κ1) is 16.4. The number of carbonyl (C=O) groups is 2. The molecule has 1 aromatic heterocycles. The van der Waals surface area contributed by atoms with Crippen LogP contribution < -0.4 is 10.9 Å². The number of aromatic nitrogens is 1. The second-order valence-corrected chi connectivity index (χ2v) is 5.11. The van der Waals surface area contributed by atoms with Crippen molar-refractivity contribution in [3.8, 4) is 0 Å². The number of nitrogens with one attached hydrogen (secondary N) is 1. The zero-order valence-electron chi connectivity index (χ0n) is 10.7. The highest BCUT2D eigenvalue weighted by molar-refractivity contribution is 9.10. The number of pyridine rings is 1. The Kier molecular flexibility index (Phi) is 5.87. The van der Waals surface area contributed by atoms with E-state index in [2.05, 4.69) is 21.2 Å². The number of carbonyl (C=O) groups excluding carboxylic acids is 1. The first-order valence-electron chi connectivity index (χ1n) is 5.83. The van der Waals surface area contributed by atoms with Gasteiger partial charge in [-0.1, -0.05) is 0 Å². The molecule has 8 heteroatoms. The first-order valence-corrected chi connectivity index (χ1v) is 6.63. The molecule has 20 heavy (non-hydrogen) atoms. The fourth-order valence-corrected chi connectivity index (χ4v) is 1.90. The van der Waals surface area contributed by atoms with Crippen molar-refractivity contribution < 1.29 is 19.1 Å². The van der Waals surface area contributed by atoms with Gasteiger partial charge >= 0.3 is 5.97 Å². The predicted molar refractivity (Wildman–Crippen MR) is 73.2 cm³/mol. The molecule has 0 saturated carbocycles. The normalized spacial score (nSPS) is 13.6. The second kappa shape index (κ2) is 7.18. The summed E-state index contributed by atoms with van der Waals surface area (Å²) in [5.41, 5.74) is -0.283. The molecule has 2 atom stereocenters. The number of hydrogen-bond acceptors (Lipinski definition) is 3. The Morgan fingerprint density at radius 2 is 2.15 bits per heavy atom. The fourth-order valence-electron chi connectivity index (χ4n) is 1.52. The molecule has 1 aromatic rings. The van der Waals surface area contributed by atoms with E-state index in [0.29, 0.717) is 4.47 Å². The summed E-state index contributed by atoms with van der Waals surface area (Å²) in [5, 5.41) is 10.8. The average Bonchev–Trinajstić information content (AvgIpc) is 2.36. The number of nitrogens with zero attached hydrogens (tertiary/aromatic N) is 1. The van der Waals surface area contributed by atoms with Crippen LogP contribution in [0.25, 0.3) is 0 Å². The number of aliphatic carboxylic acids is 1. The smallest absolute Gasteiger partial charge is 0.329 e. The molecule has 1 rings (SSSR count). The van der Waals surface area contributed by atoms with Crippen LogP contribution in [0.5, 0.6) is 0 Å². The molecule has 1 heterocycles. The maximum absolute atomic E-state index is 13.0. The lowest BCUT2D eigenvalue weighted by molar-refractivity contribution is -0.143. The second-order valence-electron chi connectivity index (χ2n) is 4.19. The lowest BCUT2D eigenvalue weighted by Gasteiger charge is -2.15. The molecule has 1 amide bonds. The predicted octanol–water partition coefficient (Wildman–Crippen LogP) is 0.928. The summed E-state index contributed by atoms with van der Waals surface area (Å²) in [6.07, 6.45) is -0.306. The summed E-state index contributed by atoms with van der Waals surface area (Å²) < 4.78 is 15.0. The van der Waals surface area contributed by atoms with Gasteiger partial charge in [0.2, 0.25) is 5.91 Å². The van der Waals surface area contributed by atoms with E-state index in [9.17, 15) is 18.8 Å². The van der Waals surface area contributed by atoms with Gasteiger partial charge in [0.15, 0.2) is 6.04 Å². The van der Waals surface area contributed by atoms with Crippen LogP contribution in [-0.4, -0.2) is 33.8 Å². The van der Waals surface area contributed by atoms with E-state index in [1.807, 2.05) is 0 Å². The summed E-state index contributed by atoms with van der Waals surface area (Å²) in [5.74, 6) is -2.07. The Hall–Kier alpha value is -1.70. The maximum Gasteiger partial charge on any atom is 0.329 e. The molecule has 0 unspecified atom stereocenters. The van der Waals surface area contributed by atoms with Crippen molar-refractivity contribution in [1.82, 2.24) is 9.88 Å². The highest BCUT2D eigenvalue weighted by Crippen LogP contribution is 2.05. The third-order valence-corrected chi connectivity index (χ3v) is 3.04. The molecule has 0 radical (unpaired) electrons. The monoisotopic (exact) mass is 348 g/mol. The topological polar surface area (TPSA) is 88.4 Å². The Morgan fingerprint density at radius 1 is 1.50 bits per heavy atom. The highest BCUT2D eigenvalue weighted by Gasteiger charge is 2.26. The third-order valence-electron chi connectivity index (χ3n) is 2.57. The molecule has 0 spiro atoms. The summed E-state index contributed by atoms with van der Waals surface area (Å²) in [6, 6.07) is 1.33. The summed E-state index contributed by atoms with van der Waals surface area (Å²) in [6.45, 7) is 1.13. The van der Waals surface area contributed by atoms with E-state index in [1.165, 1.54) is 16.8 Å². The van der Waals surface area contributed by atoms with Crippen molar-refractivity contribution in [2.75, 3.05) is 0 Å². The molecular formula is C12H14BrFN2O4. The Morgan fingerprint density at radius 3 is 2.70 bits per heavy atom. The number of alkyl halides is 1. The lowest BCUT2D eigenvalue weighted by atomic mass is 10.2.